The van der Waals surface area contributed by atoms with Crippen LogP contribution in [0.1, 0.15) is 51.4 Å². The van der Waals surface area contributed by atoms with E-state index in [0.29, 0.717) is 17.4 Å². The molecule has 0 aromatic heterocycles. The molecule has 5 nitrogen and oxygen atoms in total. The van der Waals surface area contributed by atoms with Crippen molar-refractivity contribution in [2.45, 2.75) is 62.3 Å². The number of rotatable bonds is 4. The zero-order valence-corrected chi connectivity index (χ0v) is 17.4. The summed E-state index contributed by atoms with van der Waals surface area (Å²) >= 11 is 3.33. The van der Waals surface area contributed by atoms with Crippen LogP contribution in [0.25, 0.3) is 0 Å². The lowest BCUT2D eigenvalue weighted by molar-refractivity contribution is -0.126. The molecule has 0 unspecified atom stereocenters. The number of halogens is 1. The van der Waals surface area contributed by atoms with E-state index in [2.05, 4.69) is 21.2 Å². The van der Waals surface area contributed by atoms with Crippen LogP contribution in [0, 0.1) is 5.92 Å². The fourth-order valence-electron chi connectivity index (χ4n) is 3.91. The molecule has 1 atom stereocenters. The van der Waals surface area contributed by atoms with E-state index in [4.69, 9.17) is 0 Å². The van der Waals surface area contributed by atoms with E-state index in [9.17, 15) is 13.2 Å². The first-order chi connectivity index (χ1) is 12.5. The zero-order valence-electron chi connectivity index (χ0n) is 15.0. The number of nitrogens with zero attached hydrogens (tertiary/aromatic N) is 1. The standard InChI is InChI=1S/C19H27BrN2O3S/c20-17-11-5-6-12-18(17)26(24,25)22-13-7-8-15(14-22)19(23)21-16-9-3-1-2-4-10-16/h5-6,11-12,15-16H,1-4,7-10,13-14H2,(H,21,23)/t15-/m0/s1. The van der Waals surface area contributed by atoms with Crippen molar-refractivity contribution in [1.29, 1.82) is 0 Å². The summed E-state index contributed by atoms with van der Waals surface area (Å²) in [6, 6.07) is 7.10. The monoisotopic (exact) mass is 442 g/mol. The first-order valence-electron chi connectivity index (χ1n) is 9.53. The van der Waals surface area contributed by atoms with Crippen LogP contribution in [0.2, 0.25) is 0 Å². The smallest absolute Gasteiger partial charge is 0.244 e. The van der Waals surface area contributed by atoms with Crippen molar-refractivity contribution in [2.75, 3.05) is 13.1 Å². The summed E-state index contributed by atoms with van der Waals surface area (Å²) in [7, 11) is -3.59. The van der Waals surface area contributed by atoms with E-state index in [-0.39, 0.29) is 29.3 Å². The van der Waals surface area contributed by atoms with Crippen molar-refractivity contribution in [1.82, 2.24) is 9.62 Å². The molecule has 0 radical (unpaired) electrons. The van der Waals surface area contributed by atoms with Crippen molar-refractivity contribution >= 4 is 31.9 Å². The Morgan fingerprint density at radius 1 is 1.04 bits per heavy atom. The van der Waals surface area contributed by atoms with Crippen LogP contribution < -0.4 is 5.32 Å². The molecule has 3 rings (SSSR count). The molecule has 144 valence electrons. The maximum atomic E-state index is 13.0. The number of carbonyl (C=O) groups excluding carboxylic acids is 1. The minimum Gasteiger partial charge on any atom is -0.353 e. The molecule has 0 spiro atoms. The van der Waals surface area contributed by atoms with Gasteiger partial charge in [0.15, 0.2) is 0 Å². The van der Waals surface area contributed by atoms with E-state index in [1.807, 2.05) is 0 Å². The van der Waals surface area contributed by atoms with Crippen molar-refractivity contribution in [3.05, 3.63) is 28.7 Å². The predicted octanol–water partition coefficient (Wildman–Crippen LogP) is 3.69. The SMILES string of the molecule is O=C(NC1CCCCCC1)[C@H]1CCCN(S(=O)(=O)c2ccccc2Br)C1. The van der Waals surface area contributed by atoms with Gasteiger partial charge in [-0.3, -0.25) is 4.79 Å². The van der Waals surface area contributed by atoms with Gasteiger partial charge in [-0.2, -0.15) is 4.31 Å². The highest BCUT2D eigenvalue weighted by Crippen LogP contribution is 2.28. The van der Waals surface area contributed by atoms with Crippen LogP contribution in [0.4, 0.5) is 0 Å². The maximum Gasteiger partial charge on any atom is 0.244 e. The molecule has 26 heavy (non-hydrogen) atoms. The molecule has 1 aliphatic heterocycles. The fraction of sp³-hybridized carbons (Fsp3) is 0.632. The van der Waals surface area contributed by atoms with Gasteiger partial charge in [0.25, 0.3) is 0 Å². The summed E-state index contributed by atoms with van der Waals surface area (Å²) < 4.78 is 28.0. The van der Waals surface area contributed by atoms with Crippen LogP contribution in [0.3, 0.4) is 0 Å². The summed E-state index contributed by atoms with van der Waals surface area (Å²) in [5.41, 5.74) is 0. The van der Waals surface area contributed by atoms with Crippen LogP contribution in [0.5, 0.6) is 0 Å². The van der Waals surface area contributed by atoms with Crippen molar-refractivity contribution in [3.8, 4) is 0 Å². The van der Waals surface area contributed by atoms with Crippen LogP contribution in [0.15, 0.2) is 33.6 Å². The highest BCUT2D eigenvalue weighted by molar-refractivity contribution is 9.10. The molecule has 1 aromatic carbocycles. The maximum absolute atomic E-state index is 13.0. The molecule has 2 aliphatic rings. The van der Waals surface area contributed by atoms with Gasteiger partial charge in [0.2, 0.25) is 15.9 Å². The number of benzene rings is 1. The second-order valence-electron chi connectivity index (χ2n) is 7.33. The number of piperidine rings is 1. The van der Waals surface area contributed by atoms with Gasteiger partial charge in [-0.1, -0.05) is 37.8 Å². The van der Waals surface area contributed by atoms with Gasteiger partial charge in [0.1, 0.15) is 0 Å². The van der Waals surface area contributed by atoms with E-state index >= 15 is 0 Å². The van der Waals surface area contributed by atoms with Crippen molar-refractivity contribution in [3.63, 3.8) is 0 Å². The molecule has 7 heteroatoms. The normalized spacial score (nSPS) is 23.3. The molecule has 1 aliphatic carbocycles. The van der Waals surface area contributed by atoms with Gasteiger partial charge >= 0.3 is 0 Å². The van der Waals surface area contributed by atoms with E-state index in [1.165, 1.54) is 17.1 Å². The van der Waals surface area contributed by atoms with Crippen LogP contribution in [-0.4, -0.2) is 37.8 Å². The number of sulfonamides is 1. The number of nitrogens with one attached hydrogen (secondary N) is 1. The van der Waals surface area contributed by atoms with Gasteiger partial charge in [-0.25, -0.2) is 8.42 Å². The molecule has 2 fully saturated rings. The number of hydrogen-bond acceptors (Lipinski definition) is 3. The van der Waals surface area contributed by atoms with Crippen LogP contribution >= 0.6 is 15.9 Å². The quantitative estimate of drug-likeness (QED) is 0.722. The molecule has 1 saturated carbocycles. The number of hydrogen-bond donors (Lipinski definition) is 1. The molecule has 1 saturated heterocycles. The third kappa shape index (κ3) is 4.67. The van der Waals surface area contributed by atoms with Crippen LogP contribution in [-0.2, 0) is 14.8 Å². The Morgan fingerprint density at radius 3 is 2.42 bits per heavy atom. The van der Waals surface area contributed by atoms with Gasteiger partial charge in [-0.05, 0) is 53.7 Å². The second kappa shape index (κ2) is 8.85. The molecular formula is C19H27BrN2O3S. The highest BCUT2D eigenvalue weighted by Gasteiger charge is 2.34. The highest BCUT2D eigenvalue weighted by atomic mass is 79.9. The molecule has 0 bridgehead atoms. The lowest BCUT2D eigenvalue weighted by atomic mass is 9.97. The van der Waals surface area contributed by atoms with E-state index < -0.39 is 10.0 Å². The summed E-state index contributed by atoms with van der Waals surface area (Å²) in [6.45, 7) is 0.735. The van der Waals surface area contributed by atoms with Crippen molar-refractivity contribution < 1.29 is 13.2 Å². The number of amides is 1. The summed E-state index contributed by atoms with van der Waals surface area (Å²) in [5, 5.41) is 3.18. The van der Waals surface area contributed by atoms with Gasteiger partial charge in [0.05, 0.1) is 10.8 Å². The molecule has 1 amide bonds. The minimum absolute atomic E-state index is 0.0175. The minimum atomic E-state index is -3.59. The van der Waals surface area contributed by atoms with Crippen molar-refractivity contribution in [2.24, 2.45) is 5.92 Å². The molecule has 1 N–H and O–H groups in total. The first-order valence-corrected chi connectivity index (χ1v) is 11.8. The fourth-order valence-corrected chi connectivity index (χ4v) is 6.40. The topological polar surface area (TPSA) is 66.5 Å². The Hall–Kier alpha value is -0.920. The zero-order chi connectivity index (χ0) is 18.6. The Kier molecular flexibility index (Phi) is 6.75. The third-order valence-corrected chi connectivity index (χ3v) is 8.29. The Bertz CT molecular complexity index is 730. The summed E-state index contributed by atoms with van der Waals surface area (Å²) in [4.78, 5) is 13.0. The molecular weight excluding hydrogens is 416 g/mol. The largest absolute Gasteiger partial charge is 0.353 e. The Labute approximate surface area is 164 Å². The van der Waals surface area contributed by atoms with E-state index in [0.717, 1.165) is 32.1 Å². The second-order valence-corrected chi connectivity index (χ2v) is 10.1. The number of carbonyl (C=O) groups is 1. The van der Waals surface area contributed by atoms with Gasteiger partial charge < -0.3 is 5.32 Å². The summed E-state index contributed by atoms with van der Waals surface area (Å²) in [5.74, 6) is -0.242. The Morgan fingerprint density at radius 2 is 1.73 bits per heavy atom. The van der Waals surface area contributed by atoms with Gasteiger partial charge in [-0.15, -0.1) is 0 Å². The van der Waals surface area contributed by atoms with E-state index in [1.54, 1.807) is 24.3 Å². The van der Waals surface area contributed by atoms with Gasteiger partial charge in [0, 0.05) is 23.6 Å². The summed E-state index contributed by atoms with van der Waals surface area (Å²) in [6.07, 6.45) is 8.36. The molecule has 1 heterocycles. The average Bonchev–Trinajstić information content (AvgIpc) is 2.90. The third-order valence-electron chi connectivity index (χ3n) is 5.41. The molecule has 1 aromatic rings. The Balaban J connectivity index is 1.67. The predicted molar refractivity (Wildman–Crippen MR) is 105 cm³/mol. The lowest BCUT2D eigenvalue weighted by Gasteiger charge is -2.32. The first kappa shape index (κ1) is 19.8. The average molecular weight is 443 g/mol. The lowest BCUT2D eigenvalue weighted by Crippen LogP contribution is -2.47.